The summed E-state index contributed by atoms with van der Waals surface area (Å²) >= 11 is 6.23. The van der Waals surface area contributed by atoms with Gasteiger partial charge in [0.2, 0.25) is 0 Å². The molecule has 1 aliphatic heterocycles. The molecule has 1 aromatic carbocycles. The van der Waals surface area contributed by atoms with E-state index in [9.17, 15) is 4.79 Å². The molecule has 0 radical (unpaired) electrons. The van der Waals surface area contributed by atoms with Crippen LogP contribution in [0.2, 0.25) is 5.02 Å². The van der Waals surface area contributed by atoms with Crippen molar-refractivity contribution in [3.63, 3.8) is 0 Å². The lowest BCUT2D eigenvalue weighted by Gasteiger charge is -2.34. The summed E-state index contributed by atoms with van der Waals surface area (Å²) in [4.78, 5) is 18.9. The van der Waals surface area contributed by atoms with Crippen molar-refractivity contribution < 1.29 is 4.79 Å². The standard InChI is InChI=1S/C15H17ClN4O/c1-10-5-6-11(12(16)8-10)15(21)20-7-3-2-4-13(20)14-17-9-18-19-14/h5-6,8-9,13H,2-4,7H2,1H3,(H,17,18,19). The van der Waals surface area contributed by atoms with Crippen molar-refractivity contribution in [2.75, 3.05) is 6.54 Å². The number of carbonyl (C=O) groups excluding carboxylic acids is 1. The Labute approximate surface area is 128 Å². The van der Waals surface area contributed by atoms with E-state index in [0.717, 1.165) is 30.7 Å². The van der Waals surface area contributed by atoms with E-state index in [1.54, 1.807) is 6.07 Å². The fourth-order valence-electron chi connectivity index (χ4n) is 2.78. The molecule has 1 saturated heterocycles. The predicted molar refractivity (Wildman–Crippen MR) is 80.2 cm³/mol. The smallest absolute Gasteiger partial charge is 0.255 e. The van der Waals surface area contributed by atoms with Crippen LogP contribution in [-0.2, 0) is 0 Å². The second kappa shape index (κ2) is 5.85. The average molecular weight is 305 g/mol. The molecule has 1 amide bonds. The van der Waals surface area contributed by atoms with E-state index in [4.69, 9.17) is 11.6 Å². The van der Waals surface area contributed by atoms with E-state index < -0.39 is 0 Å². The van der Waals surface area contributed by atoms with Crippen LogP contribution in [0.3, 0.4) is 0 Å². The lowest BCUT2D eigenvalue weighted by atomic mass is 10.00. The van der Waals surface area contributed by atoms with E-state index in [2.05, 4.69) is 15.2 Å². The Balaban J connectivity index is 1.91. The van der Waals surface area contributed by atoms with Gasteiger partial charge in [0, 0.05) is 6.54 Å². The maximum Gasteiger partial charge on any atom is 0.255 e. The molecule has 0 saturated carbocycles. The van der Waals surface area contributed by atoms with Crippen molar-refractivity contribution in [1.29, 1.82) is 0 Å². The third-order valence-electron chi connectivity index (χ3n) is 3.87. The molecule has 0 aliphatic carbocycles. The molecule has 6 heteroatoms. The molecule has 0 bridgehead atoms. The van der Waals surface area contributed by atoms with Crippen LogP contribution in [0.25, 0.3) is 0 Å². The van der Waals surface area contributed by atoms with Gasteiger partial charge in [-0.05, 0) is 43.9 Å². The third-order valence-corrected chi connectivity index (χ3v) is 4.18. The van der Waals surface area contributed by atoms with Crippen molar-refractivity contribution in [1.82, 2.24) is 20.1 Å². The quantitative estimate of drug-likeness (QED) is 0.927. The number of carbonyl (C=O) groups is 1. The van der Waals surface area contributed by atoms with E-state index in [0.29, 0.717) is 17.1 Å². The maximum atomic E-state index is 12.8. The van der Waals surface area contributed by atoms with Crippen molar-refractivity contribution >= 4 is 17.5 Å². The van der Waals surface area contributed by atoms with Crippen LogP contribution in [-0.4, -0.2) is 32.5 Å². The number of nitrogens with one attached hydrogen (secondary N) is 1. The number of halogens is 1. The highest BCUT2D eigenvalue weighted by Crippen LogP contribution is 2.31. The Bertz CT molecular complexity index is 641. The van der Waals surface area contributed by atoms with Gasteiger partial charge in [-0.2, -0.15) is 5.10 Å². The molecule has 1 unspecified atom stereocenters. The number of amides is 1. The number of rotatable bonds is 2. The Morgan fingerprint density at radius 1 is 1.43 bits per heavy atom. The minimum Gasteiger partial charge on any atom is -0.328 e. The zero-order valence-corrected chi connectivity index (χ0v) is 12.6. The number of hydrogen-bond acceptors (Lipinski definition) is 3. The van der Waals surface area contributed by atoms with E-state index in [1.807, 2.05) is 24.0 Å². The molecule has 2 aromatic rings. The first-order valence-electron chi connectivity index (χ1n) is 7.09. The average Bonchev–Trinajstić information content (AvgIpc) is 3.01. The van der Waals surface area contributed by atoms with Gasteiger partial charge in [0.1, 0.15) is 12.2 Å². The Morgan fingerprint density at radius 3 is 3.00 bits per heavy atom. The van der Waals surface area contributed by atoms with E-state index in [1.165, 1.54) is 6.33 Å². The van der Waals surface area contributed by atoms with Gasteiger partial charge in [-0.25, -0.2) is 4.98 Å². The molecule has 1 atom stereocenters. The number of hydrogen-bond donors (Lipinski definition) is 1. The number of likely N-dealkylation sites (tertiary alicyclic amines) is 1. The van der Waals surface area contributed by atoms with Gasteiger partial charge in [-0.15, -0.1) is 0 Å². The highest BCUT2D eigenvalue weighted by Gasteiger charge is 2.31. The molecule has 2 heterocycles. The lowest BCUT2D eigenvalue weighted by molar-refractivity contribution is 0.0600. The van der Waals surface area contributed by atoms with E-state index in [-0.39, 0.29) is 11.9 Å². The lowest BCUT2D eigenvalue weighted by Crippen LogP contribution is -2.39. The number of aromatic nitrogens is 3. The highest BCUT2D eigenvalue weighted by atomic mass is 35.5. The Morgan fingerprint density at radius 2 is 2.29 bits per heavy atom. The van der Waals surface area contributed by atoms with Gasteiger partial charge in [0.15, 0.2) is 0 Å². The van der Waals surface area contributed by atoms with Gasteiger partial charge in [0.05, 0.1) is 16.6 Å². The fourth-order valence-corrected chi connectivity index (χ4v) is 3.10. The molecule has 1 fully saturated rings. The molecule has 110 valence electrons. The van der Waals surface area contributed by atoms with Crippen LogP contribution < -0.4 is 0 Å². The molecular weight excluding hydrogens is 288 g/mol. The number of H-pyrrole nitrogens is 1. The topological polar surface area (TPSA) is 61.9 Å². The Hall–Kier alpha value is -1.88. The van der Waals surface area contributed by atoms with Crippen LogP contribution in [0, 0.1) is 6.92 Å². The third kappa shape index (κ3) is 2.78. The van der Waals surface area contributed by atoms with Crippen molar-refractivity contribution in [2.45, 2.75) is 32.2 Å². The monoisotopic (exact) mass is 304 g/mol. The molecule has 21 heavy (non-hydrogen) atoms. The maximum absolute atomic E-state index is 12.8. The van der Waals surface area contributed by atoms with Crippen molar-refractivity contribution in [2.24, 2.45) is 0 Å². The summed E-state index contributed by atoms with van der Waals surface area (Å²) in [7, 11) is 0. The highest BCUT2D eigenvalue weighted by molar-refractivity contribution is 6.33. The number of benzene rings is 1. The molecule has 1 aromatic heterocycles. The van der Waals surface area contributed by atoms with Crippen molar-refractivity contribution in [3.8, 4) is 0 Å². The van der Waals surface area contributed by atoms with Crippen LogP contribution in [0.4, 0.5) is 0 Å². The second-order valence-electron chi connectivity index (χ2n) is 5.36. The van der Waals surface area contributed by atoms with Gasteiger partial charge in [-0.1, -0.05) is 17.7 Å². The first kappa shape index (κ1) is 14.1. The minimum absolute atomic E-state index is 0.0406. The first-order valence-corrected chi connectivity index (χ1v) is 7.47. The van der Waals surface area contributed by atoms with Crippen LogP contribution >= 0.6 is 11.6 Å². The van der Waals surface area contributed by atoms with Crippen LogP contribution in [0.15, 0.2) is 24.5 Å². The number of piperidine rings is 1. The number of aromatic amines is 1. The normalized spacial score (nSPS) is 18.8. The van der Waals surface area contributed by atoms with Gasteiger partial charge in [-0.3, -0.25) is 9.89 Å². The molecule has 3 rings (SSSR count). The summed E-state index contributed by atoms with van der Waals surface area (Å²) in [5, 5.41) is 7.27. The van der Waals surface area contributed by atoms with Crippen molar-refractivity contribution in [3.05, 3.63) is 46.5 Å². The molecule has 1 N–H and O–H groups in total. The zero-order valence-electron chi connectivity index (χ0n) is 11.8. The fraction of sp³-hybridized carbons (Fsp3) is 0.400. The largest absolute Gasteiger partial charge is 0.328 e. The minimum atomic E-state index is -0.0499. The molecule has 1 aliphatic rings. The van der Waals surface area contributed by atoms with E-state index >= 15 is 0 Å². The summed E-state index contributed by atoms with van der Waals surface area (Å²) in [6, 6.07) is 5.48. The first-order chi connectivity index (χ1) is 10.2. The second-order valence-corrected chi connectivity index (χ2v) is 5.77. The van der Waals surface area contributed by atoms with Crippen LogP contribution in [0.1, 0.15) is 47.1 Å². The zero-order chi connectivity index (χ0) is 14.8. The number of aryl methyl sites for hydroxylation is 1. The summed E-state index contributed by atoms with van der Waals surface area (Å²) in [6.07, 6.45) is 4.45. The summed E-state index contributed by atoms with van der Waals surface area (Å²) in [5.41, 5.74) is 1.59. The van der Waals surface area contributed by atoms with Crippen LogP contribution in [0.5, 0.6) is 0 Å². The summed E-state index contributed by atoms with van der Waals surface area (Å²) in [6.45, 7) is 2.67. The molecule has 5 nitrogen and oxygen atoms in total. The predicted octanol–water partition coefficient (Wildman–Crippen LogP) is 3.13. The Kier molecular flexibility index (Phi) is 3.92. The van der Waals surface area contributed by atoms with Gasteiger partial charge >= 0.3 is 0 Å². The SMILES string of the molecule is Cc1ccc(C(=O)N2CCCCC2c2ncn[nH]2)c(Cl)c1. The van der Waals surface area contributed by atoms with Gasteiger partial charge in [0.25, 0.3) is 5.91 Å². The number of nitrogens with zero attached hydrogens (tertiary/aromatic N) is 3. The molecule has 0 spiro atoms. The molecular formula is C15H17ClN4O. The summed E-state index contributed by atoms with van der Waals surface area (Å²) in [5.74, 6) is 0.701. The van der Waals surface area contributed by atoms with Gasteiger partial charge < -0.3 is 4.90 Å². The summed E-state index contributed by atoms with van der Waals surface area (Å²) < 4.78 is 0.